The van der Waals surface area contributed by atoms with Crippen molar-refractivity contribution < 1.29 is 37.5 Å². The van der Waals surface area contributed by atoms with Gasteiger partial charge in [0, 0.05) is 18.6 Å². The zero-order valence-electron chi connectivity index (χ0n) is 24.5. The fourth-order valence-electron chi connectivity index (χ4n) is 5.01. The Hall–Kier alpha value is -2.22. The van der Waals surface area contributed by atoms with Crippen LogP contribution in [-0.4, -0.2) is 81.9 Å². The molecule has 6 rings (SSSR count). The Kier molecular flexibility index (Phi) is 6.69. The molecule has 9 nitrogen and oxygen atoms in total. The number of amides is 1. The van der Waals surface area contributed by atoms with Crippen molar-refractivity contribution in [2.24, 2.45) is 0 Å². The first kappa shape index (κ1) is 29.3. The van der Waals surface area contributed by atoms with Crippen molar-refractivity contribution in [1.82, 2.24) is 9.88 Å². The topological polar surface area (TPSA) is 93.6 Å². The smallest absolute Gasteiger partial charge is 0.444 e. The first-order valence-electron chi connectivity index (χ1n) is 13.5. The molecule has 2 aromatic rings. The number of hydrogen-bond acceptors (Lipinski definition) is 9. The fraction of sp³-hybridized carbons (Fsp3) is 0.704. The minimum Gasteiger partial charge on any atom is -0.444 e. The molecule has 0 radical (unpaired) electrons. The maximum absolute atomic E-state index is 14.8. The van der Waals surface area contributed by atoms with Gasteiger partial charge in [-0.3, -0.25) is 4.90 Å². The van der Waals surface area contributed by atoms with Crippen molar-refractivity contribution in [2.75, 3.05) is 18.0 Å². The number of rotatable bonds is 5. The number of thiazole rings is 1. The number of piperidine rings is 1. The van der Waals surface area contributed by atoms with Crippen molar-refractivity contribution >= 4 is 45.4 Å². The highest BCUT2D eigenvalue weighted by atomic mass is 32.1. The van der Waals surface area contributed by atoms with E-state index in [2.05, 4.69) is 4.90 Å². The molecule has 2 unspecified atom stereocenters. The monoisotopic (exact) mass is 581 g/mol. The Morgan fingerprint density at radius 2 is 1.68 bits per heavy atom. The third kappa shape index (κ3) is 5.03. The van der Waals surface area contributed by atoms with Crippen LogP contribution >= 0.6 is 11.3 Å². The average molecular weight is 581 g/mol. The Bertz CT molecular complexity index is 1290. The highest BCUT2D eigenvalue weighted by Gasteiger charge is 2.54. The van der Waals surface area contributed by atoms with E-state index in [1.807, 2.05) is 48.5 Å². The lowest BCUT2D eigenvalue weighted by molar-refractivity contribution is -0.275. The number of hydrogen-bond donors (Lipinski definition) is 1. The number of nitrogens with zero attached hydrogens (tertiary/aromatic N) is 3. The van der Waals surface area contributed by atoms with Gasteiger partial charge in [0.25, 0.3) is 0 Å². The lowest BCUT2D eigenvalue weighted by atomic mass is 9.78. The number of aromatic nitrogens is 1. The molecule has 0 aliphatic carbocycles. The largest absolute Gasteiger partial charge is 0.497 e. The molecule has 1 amide bonds. The summed E-state index contributed by atoms with van der Waals surface area (Å²) >= 11 is 1.23. The number of fused-ring (bicyclic) bond motifs is 3. The summed E-state index contributed by atoms with van der Waals surface area (Å²) in [7, 11) is -0.760. The van der Waals surface area contributed by atoms with E-state index in [9.17, 15) is 18.7 Å². The normalized spacial score (nSPS) is 24.4. The van der Waals surface area contributed by atoms with Crippen molar-refractivity contribution in [3.8, 4) is 5.75 Å². The van der Waals surface area contributed by atoms with Crippen LogP contribution in [0.3, 0.4) is 0 Å². The summed E-state index contributed by atoms with van der Waals surface area (Å²) in [6.45, 7) is 16.3. The van der Waals surface area contributed by atoms with E-state index in [0.717, 1.165) is 20.3 Å². The van der Waals surface area contributed by atoms with Crippen LogP contribution < -0.4 is 15.1 Å². The van der Waals surface area contributed by atoms with Gasteiger partial charge in [-0.25, -0.2) is 9.78 Å². The van der Waals surface area contributed by atoms with Gasteiger partial charge in [-0.1, -0.05) is 17.4 Å². The molecule has 1 N–H and O–H groups in total. The van der Waals surface area contributed by atoms with E-state index < -0.39 is 35.6 Å². The van der Waals surface area contributed by atoms with Gasteiger partial charge >= 0.3 is 19.3 Å². The van der Waals surface area contributed by atoms with Crippen LogP contribution in [0.25, 0.3) is 10.2 Å². The first-order valence-corrected chi connectivity index (χ1v) is 14.4. The first-order chi connectivity index (χ1) is 18.2. The highest BCUT2D eigenvalue weighted by Crippen LogP contribution is 2.43. The van der Waals surface area contributed by atoms with E-state index in [0.29, 0.717) is 33.9 Å². The lowest BCUT2D eigenvalue weighted by Gasteiger charge is -2.55. The zero-order chi connectivity index (χ0) is 29.6. The van der Waals surface area contributed by atoms with Crippen LogP contribution in [0.5, 0.6) is 5.75 Å². The molecule has 2 bridgehead atoms. The number of ether oxygens (including phenoxy) is 2. The molecule has 2 atom stereocenters. The summed E-state index contributed by atoms with van der Waals surface area (Å²) in [6, 6.07) is 3.01. The molecule has 13 heteroatoms. The molecule has 1 aromatic heterocycles. The standard InChI is InChI=1S/C27H38BF2N3O6S/c1-23(2,3)37-22(34)33-15-12-16(33)14-32(13-15)21-31-19-17(28-38-25(6,7)26(8,9)39-28)10-11-18(20(19)40-21)36-27(29,30)24(4,5)35/h10-11,15-16,35H,12-14H2,1-9H3. The van der Waals surface area contributed by atoms with Crippen molar-refractivity contribution in [3.05, 3.63) is 12.1 Å². The number of benzene rings is 1. The maximum atomic E-state index is 14.8. The Balaban J connectivity index is 1.48. The minimum absolute atomic E-state index is 0.0292. The van der Waals surface area contributed by atoms with Crippen molar-refractivity contribution in [2.45, 2.75) is 109 Å². The third-order valence-corrected chi connectivity index (χ3v) is 9.18. The number of carbonyl (C=O) groups is 1. The molecule has 220 valence electrons. The molecule has 40 heavy (non-hydrogen) atoms. The molecular formula is C27H38BF2N3O6S. The molecule has 0 saturated carbocycles. The number of anilines is 1. The van der Waals surface area contributed by atoms with Crippen LogP contribution in [0.1, 0.15) is 68.7 Å². The lowest BCUT2D eigenvalue weighted by Crippen LogP contribution is -2.70. The number of aliphatic hydroxyl groups is 1. The number of alkyl halides is 2. The molecular weight excluding hydrogens is 543 g/mol. The predicted molar refractivity (Wildman–Crippen MR) is 150 cm³/mol. The molecule has 4 aliphatic rings. The van der Waals surface area contributed by atoms with Gasteiger partial charge in [0.15, 0.2) is 10.7 Å². The molecule has 1 aromatic carbocycles. The van der Waals surface area contributed by atoms with Gasteiger partial charge in [-0.05, 0) is 74.8 Å². The van der Waals surface area contributed by atoms with E-state index in [-0.39, 0.29) is 23.9 Å². The van der Waals surface area contributed by atoms with E-state index >= 15 is 0 Å². The molecule has 4 fully saturated rings. The Morgan fingerprint density at radius 3 is 2.20 bits per heavy atom. The zero-order valence-corrected chi connectivity index (χ0v) is 25.3. The molecule has 5 heterocycles. The fourth-order valence-corrected chi connectivity index (χ4v) is 6.08. The number of halogens is 2. The van der Waals surface area contributed by atoms with Crippen LogP contribution in [0.15, 0.2) is 12.1 Å². The van der Waals surface area contributed by atoms with Crippen LogP contribution in [-0.2, 0) is 14.0 Å². The Morgan fingerprint density at radius 1 is 1.10 bits per heavy atom. The maximum Gasteiger partial charge on any atom is 0.497 e. The average Bonchev–Trinajstić information content (AvgIpc) is 3.30. The van der Waals surface area contributed by atoms with Gasteiger partial charge in [0.1, 0.15) is 11.4 Å². The van der Waals surface area contributed by atoms with Crippen molar-refractivity contribution in [1.29, 1.82) is 0 Å². The summed E-state index contributed by atoms with van der Waals surface area (Å²) in [4.78, 5) is 21.5. The van der Waals surface area contributed by atoms with Gasteiger partial charge in [0.2, 0.25) is 0 Å². The minimum atomic E-state index is -3.85. The summed E-state index contributed by atoms with van der Waals surface area (Å²) in [5, 5.41) is 10.6. The Labute approximate surface area is 237 Å². The molecule has 0 spiro atoms. The van der Waals surface area contributed by atoms with E-state index in [1.54, 1.807) is 11.0 Å². The summed E-state index contributed by atoms with van der Waals surface area (Å²) in [5.41, 5.74) is -3.16. The van der Waals surface area contributed by atoms with Crippen LogP contribution in [0, 0.1) is 0 Å². The summed E-state index contributed by atoms with van der Waals surface area (Å²) < 4.78 is 53.2. The van der Waals surface area contributed by atoms with Crippen LogP contribution in [0.4, 0.5) is 18.7 Å². The third-order valence-electron chi connectivity index (χ3n) is 8.05. The second kappa shape index (κ2) is 9.14. The highest BCUT2D eigenvalue weighted by molar-refractivity contribution is 7.22. The predicted octanol–water partition coefficient (Wildman–Crippen LogP) is 4.54. The van der Waals surface area contributed by atoms with Gasteiger partial charge in [-0.2, -0.15) is 8.78 Å². The van der Waals surface area contributed by atoms with Gasteiger partial charge in [0.05, 0.1) is 33.5 Å². The van der Waals surface area contributed by atoms with Gasteiger partial charge in [-0.15, -0.1) is 0 Å². The summed E-state index contributed by atoms with van der Waals surface area (Å²) in [6.07, 6.45) is -3.31. The molecule has 4 aliphatic heterocycles. The van der Waals surface area contributed by atoms with Crippen molar-refractivity contribution in [3.63, 3.8) is 0 Å². The number of piperazine rings is 1. The van der Waals surface area contributed by atoms with Crippen LogP contribution in [0.2, 0.25) is 0 Å². The SMILES string of the molecule is CC(C)(C)OC(=O)N1C2CC1CN(c1nc3c(B4OC(C)(C)C(C)(C)O4)ccc(OC(F)(F)C(C)(C)O)c3s1)C2. The van der Waals surface area contributed by atoms with E-state index in [4.69, 9.17) is 23.8 Å². The second-order valence-electron chi connectivity index (χ2n) is 13.4. The summed E-state index contributed by atoms with van der Waals surface area (Å²) in [5.74, 6) is -0.0938. The quantitative estimate of drug-likeness (QED) is 0.515. The van der Waals surface area contributed by atoms with Gasteiger partial charge < -0.3 is 28.8 Å². The number of carbonyl (C=O) groups excluding carboxylic acids is 1. The second-order valence-corrected chi connectivity index (χ2v) is 14.4. The molecule has 4 saturated heterocycles. The van der Waals surface area contributed by atoms with E-state index in [1.165, 1.54) is 17.4 Å².